The van der Waals surface area contributed by atoms with Gasteiger partial charge in [0, 0.05) is 32.7 Å². The van der Waals surface area contributed by atoms with E-state index in [1.165, 1.54) is 0 Å². The number of likely N-dealkylation sites (N-methyl/N-ethyl adjacent to an activating group) is 1. The maximum absolute atomic E-state index is 12.4. The molecule has 0 radical (unpaired) electrons. The zero-order chi connectivity index (χ0) is 11.6. The van der Waals surface area contributed by atoms with Crippen molar-refractivity contribution < 1.29 is 4.79 Å². The van der Waals surface area contributed by atoms with Crippen molar-refractivity contribution in [1.29, 1.82) is 0 Å². The van der Waals surface area contributed by atoms with Crippen LogP contribution in [0.15, 0.2) is 0 Å². The summed E-state index contributed by atoms with van der Waals surface area (Å²) in [5, 5.41) is 3.29. The van der Waals surface area contributed by atoms with Gasteiger partial charge in [-0.1, -0.05) is 6.92 Å². The van der Waals surface area contributed by atoms with Crippen LogP contribution in [0.4, 0.5) is 0 Å². The second-order valence-corrected chi connectivity index (χ2v) is 5.21. The molecule has 0 bridgehead atoms. The molecule has 0 aliphatic carbocycles. The number of rotatable bonds is 2. The summed E-state index contributed by atoms with van der Waals surface area (Å²) in [6.45, 7) is 11.1. The Kier molecular flexibility index (Phi) is 7.52. The fraction of sp³-hybridized carbons (Fsp3) is 0.917. The third kappa shape index (κ3) is 3.73. The van der Waals surface area contributed by atoms with Crippen molar-refractivity contribution >= 4 is 30.7 Å². The Labute approximate surface area is 122 Å². The number of piperazine rings is 1. The minimum absolute atomic E-state index is 0. The largest absolute Gasteiger partial charge is 0.340 e. The fourth-order valence-electron chi connectivity index (χ4n) is 2.65. The van der Waals surface area contributed by atoms with Gasteiger partial charge in [0.1, 0.15) is 0 Å². The first kappa shape index (κ1) is 18.0. The summed E-state index contributed by atoms with van der Waals surface area (Å²) in [4.78, 5) is 16.8. The van der Waals surface area contributed by atoms with Gasteiger partial charge in [-0.05, 0) is 26.4 Å². The first-order valence-electron chi connectivity index (χ1n) is 6.38. The van der Waals surface area contributed by atoms with Gasteiger partial charge >= 0.3 is 0 Å². The van der Waals surface area contributed by atoms with Crippen LogP contribution in [0, 0.1) is 5.41 Å². The third-order valence-corrected chi connectivity index (χ3v) is 3.99. The fourth-order valence-corrected chi connectivity index (χ4v) is 2.65. The molecule has 2 rings (SSSR count). The molecule has 0 aromatic carbocycles. The average Bonchev–Trinajstić information content (AvgIpc) is 2.77. The van der Waals surface area contributed by atoms with Crippen LogP contribution >= 0.6 is 24.8 Å². The van der Waals surface area contributed by atoms with E-state index in [4.69, 9.17) is 0 Å². The van der Waals surface area contributed by atoms with E-state index in [0.717, 1.165) is 52.2 Å². The highest BCUT2D eigenvalue weighted by Crippen LogP contribution is 2.27. The Bertz CT molecular complexity index is 262. The van der Waals surface area contributed by atoms with E-state index in [-0.39, 0.29) is 30.2 Å². The lowest BCUT2D eigenvalue weighted by atomic mass is 9.88. The SMILES string of the molecule is CCN1CCN(C(=O)C2(C)CCNC2)CC1.Cl.Cl. The number of nitrogens with zero attached hydrogens (tertiary/aromatic N) is 2. The molecule has 2 aliphatic rings. The quantitative estimate of drug-likeness (QED) is 0.826. The zero-order valence-electron chi connectivity index (χ0n) is 11.3. The predicted molar refractivity (Wildman–Crippen MR) is 78.8 cm³/mol. The van der Waals surface area contributed by atoms with Gasteiger partial charge in [0.05, 0.1) is 5.41 Å². The molecule has 2 heterocycles. The number of carbonyl (C=O) groups excluding carboxylic acids is 1. The highest BCUT2D eigenvalue weighted by molar-refractivity contribution is 5.85. The molecule has 108 valence electrons. The molecule has 1 unspecified atom stereocenters. The van der Waals surface area contributed by atoms with Gasteiger partial charge in [-0.3, -0.25) is 4.79 Å². The van der Waals surface area contributed by atoms with Crippen molar-refractivity contribution in [3.8, 4) is 0 Å². The molecule has 0 saturated carbocycles. The Hall–Kier alpha value is -0.0300. The van der Waals surface area contributed by atoms with Crippen molar-refractivity contribution in [1.82, 2.24) is 15.1 Å². The molecule has 0 spiro atoms. The summed E-state index contributed by atoms with van der Waals surface area (Å²) >= 11 is 0. The molecule has 6 heteroatoms. The van der Waals surface area contributed by atoms with Crippen LogP contribution in [0.25, 0.3) is 0 Å². The molecular weight excluding hydrogens is 273 g/mol. The molecule has 1 atom stereocenters. The van der Waals surface area contributed by atoms with E-state index in [1.54, 1.807) is 0 Å². The molecule has 0 aromatic rings. The van der Waals surface area contributed by atoms with Gasteiger partial charge in [-0.25, -0.2) is 0 Å². The highest BCUT2D eigenvalue weighted by atomic mass is 35.5. The molecule has 0 aromatic heterocycles. The van der Waals surface area contributed by atoms with Crippen molar-refractivity contribution in [2.24, 2.45) is 5.41 Å². The lowest BCUT2D eigenvalue weighted by Crippen LogP contribution is -2.52. The number of hydrogen-bond acceptors (Lipinski definition) is 3. The number of nitrogens with one attached hydrogen (secondary N) is 1. The minimum atomic E-state index is -0.144. The molecule has 18 heavy (non-hydrogen) atoms. The van der Waals surface area contributed by atoms with E-state index in [9.17, 15) is 4.79 Å². The number of carbonyl (C=O) groups is 1. The first-order chi connectivity index (χ1) is 7.65. The third-order valence-electron chi connectivity index (χ3n) is 3.99. The summed E-state index contributed by atoms with van der Waals surface area (Å²) in [6, 6.07) is 0. The molecule has 1 N–H and O–H groups in total. The summed E-state index contributed by atoms with van der Waals surface area (Å²) < 4.78 is 0. The standard InChI is InChI=1S/C12H23N3O.2ClH/c1-3-14-6-8-15(9-7-14)11(16)12(2)4-5-13-10-12;;/h13H,3-10H2,1-2H3;2*1H. The Balaban J connectivity index is 0.00000144. The zero-order valence-corrected chi connectivity index (χ0v) is 12.9. The molecule has 4 nitrogen and oxygen atoms in total. The van der Waals surface area contributed by atoms with Crippen molar-refractivity contribution in [2.45, 2.75) is 20.3 Å². The molecule has 2 fully saturated rings. The summed E-state index contributed by atoms with van der Waals surface area (Å²) in [5.74, 6) is 0.355. The monoisotopic (exact) mass is 297 g/mol. The summed E-state index contributed by atoms with van der Waals surface area (Å²) in [5.41, 5.74) is -0.144. The smallest absolute Gasteiger partial charge is 0.229 e. The lowest BCUT2D eigenvalue weighted by Gasteiger charge is -2.38. The van der Waals surface area contributed by atoms with Gasteiger partial charge in [-0.15, -0.1) is 24.8 Å². The van der Waals surface area contributed by atoms with Crippen LogP contribution in [0.5, 0.6) is 0 Å². The Morgan fingerprint density at radius 2 is 1.83 bits per heavy atom. The van der Waals surface area contributed by atoms with E-state index in [1.807, 2.05) is 0 Å². The van der Waals surface area contributed by atoms with E-state index >= 15 is 0 Å². The Morgan fingerprint density at radius 3 is 2.28 bits per heavy atom. The van der Waals surface area contributed by atoms with E-state index in [2.05, 4.69) is 29.0 Å². The van der Waals surface area contributed by atoms with Crippen molar-refractivity contribution in [3.63, 3.8) is 0 Å². The van der Waals surface area contributed by atoms with E-state index < -0.39 is 0 Å². The second kappa shape index (κ2) is 7.53. The van der Waals surface area contributed by atoms with Gasteiger partial charge in [0.25, 0.3) is 0 Å². The van der Waals surface area contributed by atoms with Crippen molar-refractivity contribution in [2.75, 3.05) is 45.8 Å². The first-order valence-corrected chi connectivity index (χ1v) is 6.38. The van der Waals surface area contributed by atoms with Gasteiger partial charge in [-0.2, -0.15) is 0 Å². The summed E-state index contributed by atoms with van der Waals surface area (Å²) in [6.07, 6.45) is 0.986. The number of halogens is 2. The predicted octanol–water partition coefficient (Wildman–Crippen LogP) is 0.994. The lowest BCUT2D eigenvalue weighted by molar-refractivity contribution is -0.142. The van der Waals surface area contributed by atoms with Crippen LogP contribution in [0.2, 0.25) is 0 Å². The van der Waals surface area contributed by atoms with Gasteiger partial charge in [0.2, 0.25) is 5.91 Å². The summed E-state index contributed by atoms with van der Waals surface area (Å²) in [7, 11) is 0. The second-order valence-electron chi connectivity index (χ2n) is 5.21. The average molecular weight is 298 g/mol. The molecule has 1 amide bonds. The van der Waals surface area contributed by atoms with Crippen LogP contribution in [-0.2, 0) is 4.79 Å². The molecular formula is C12H25Cl2N3O. The van der Waals surface area contributed by atoms with Crippen LogP contribution in [-0.4, -0.2) is 61.5 Å². The van der Waals surface area contributed by atoms with Crippen LogP contribution in [0.1, 0.15) is 20.3 Å². The topological polar surface area (TPSA) is 35.6 Å². The van der Waals surface area contributed by atoms with Crippen LogP contribution < -0.4 is 5.32 Å². The van der Waals surface area contributed by atoms with E-state index in [0.29, 0.717) is 5.91 Å². The highest BCUT2D eigenvalue weighted by Gasteiger charge is 2.39. The normalized spacial score (nSPS) is 28.4. The molecule has 2 saturated heterocycles. The molecule has 2 aliphatic heterocycles. The Morgan fingerprint density at radius 1 is 1.22 bits per heavy atom. The minimum Gasteiger partial charge on any atom is -0.340 e. The number of hydrogen-bond donors (Lipinski definition) is 1. The maximum Gasteiger partial charge on any atom is 0.229 e. The van der Waals surface area contributed by atoms with Crippen molar-refractivity contribution in [3.05, 3.63) is 0 Å². The number of amides is 1. The van der Waals surface area contributed by atoms with Crippen LogP contribution in [0.3, 0.4) is 0 Å². The van der Waals surface area contributed by atoms with Gasteiger partial charge < -0.3 is 15.1 Å². The maximum atomic E-state index is 12.4. The van der Waals surface area contributed by atoms with Gasteiger partial charge in [0.15, 0.2) is 0 Å².